The van der Waals surface area contributed by atoms with E-state index < -0.39 is 0 Å². The first-order valence-corrected chi connectivity index (χ1v) is 5.80. The molecule has 0 saturated carbocycles. The molecule has 1 N–H and O–H groups in total. The average Bonchev–Trinajstić information content (AvgIpc) is 2.11. The van der Waals surface area contributed by atoms with Crippen LogP contribution in [0.15, 0.2) is 18.2 Å². The maximum absolute atomic E-state index is 9.75. The smallest absolute Gasteiger partial charge is 0.0702 e. The van der Waals surface area contributed by atoms with Crippen molar-refractivity contribution in [3.63, 3.8) is 0 Å². The van der Waals surface area contributed by atoms with Gasteiger partial charge in [-0.15, -0.1) is 0 Å². The number of rotatable bonds is 3. The first-order valence-electron chi connectivity index (χ1n) is 4.89. The number of halogens is 1. The number of benzene rings is 1. The maximum atomic E-state index is 9.75. The molecule has 1 aromatic rings. The summed E-state index contributed by atoms with van der Waals surface area (Å²) >= 11 is 3.39. The fourth-order valence-electron chi connectivity index (χ4n) is 1.41. The van der Waals surface area contributed by atoms with Gasteiger partial charge in [-0.05, 0) is 31.4 Å². The molecule has 78 valence electrons. The van der Waals surface area contributed by atoms with Crippen molar-refractivity contribution in [2.24, 2.45) is 0 Å². The molecule has 0 radical (unpaired) electrons. The number of aliphatic hydroxyl groups is 1. The highest BCUT2D eigenvalue weighted by Gasteiger charge is 2.12. The van der Waals surface area contributed by atoms with Gasteiger partial charge in [-0.1, -0.05) is 46.6 Å². The standard InChI is InChI=1S/C12H17BrO/c1-8-4-5-9(2)11(6-8)7-12(14)10(3)13/h4-6,10,12,14H,7H2,1-3H3. The third kappa shape index (κ3) is 3.10. The van der Waals surface area contributed by atoms with Gasteiger partial charge in [0, 0.05) is 4.83 Å². The van der Waals surface area contributed by atoms with Crippen LogP contribution in [0.25, 0.3) is 0 Å². The van der Waals surface area contributed by atoms with Crippen molar-refractivity contribution in [3.8, 4) is 0 Å². The molecule has 1 nitrogen and oxygen atoms in total. The second-order valence-electron chi connectivity index (χ2n) is 3.88. The molecule has 1 aromatic carbocycles. The van der Waals surface area contributed by atoms with Gasteiger partial charge in [0.1, 0.15) is 0 Å². The lowest BCUT2D eigenvalue weighted by atomic mass is 9.99. The zero-order chi connectivity index (χ0) is 10.7. The summed E-state index contributed by atoms with van der Waals surface area (Å²) in [5.41, 5.74) is 3.74. The fourth-order valence-corrected chi connectivity index (χ4v) is 1.59. The van der Waals surface area contributed by atoms with Crippen molar-refractivity contribution in [3.05, 3.63) is 34.9 Å². The van der Waals surface area contributed by atoms with E-state index in [0.29, 0.717) is 0 Å². The Bertz CT molecular complexity index is 307. The van der Waals surface area contributed by atoms with Gasteiger partial charge in [0.2, 0.25) is 0 Å². The Morgan fingerprint density at radius 3 is 2.57 bits per heavy atom. The molecular weight excluding hydrogens is 240 g/mol. The summed E-state index contributed by atoms with van der Waals surface area (Å²) in [6.07, 6.45) is 0.412. The number of hydrogen-bond donors (Lipinski definition) is 1. The molecule has 2 unspecified atom stereocenters. The van der Waals surface area contributed by atoms with Crippen LogP contribution in [-0.2, 0) is 6.42 Å². The van der Waals surface area contributed by atoms with Gasteiger partial charge in [-0.3, -0.25) is 0 Å². The van der Waals surface area contributed by atoms with Gasteiger partial charge >= 0.3 is 0 Å². The molecular formula is C12H17BrO. The van der Waals surface area contributed by atoms with Crippen molar-refractivity contribution in [2.75, 3.05) is 0 Å². The molecule has 2 heteroatoms. The first-order chi connectivity index (χ1) is 6.50. The lowest BCUT2D eigenvalue weighted by Gasteiger charge is -2.15. The van der Waals surface area contributed by atoms with Gasteiger partial charge in [-0.2, -0.15) is 0 Å². The molecule has 0 fully saturated rings. The first kappa shape index (κ1) is 11.7. The number of aliphatic hydroxyl groups excluding tert-OH is 1. The Labute approximate surface area is 94.3 Å². The molecule has 2 atom stereocenters. The molecule has 0 aromatic heterocycles. The van der Waals surface area contributed by atoms with Crippen LogP contribution < -0.4 is 0 Å². The predicted molar refractivity (Wildman–Crippen MR) is 64.0 cm³/mol. The normalized spacial score (nSPS) is 15.2. The van der Waals surface area contributed by atoms with Crippen LogP contribution in [-0.4, -0.2) is 16.0 Å². The zero-order valence-corrected chi connectivity index (χ0v) is 10.5. The summed E-state index contributed by atoms with van der Waals surface area (Å²) in [4.78, 5) is 0.141. The van der Waals surface area contributed by atoms with Crippen LogP contribution >= 0.6 is 15.9 Å². The summed E-state index contributed by atoms with van der Waals surface area (Å²) in [6.45, 7) is 6.13. The van der Waals surface area contributed by atoms with Gasteiger partial charge in [0.15, 0.2) is 0 Å². The van der Waals surface area contributed by atoms with E-state index in [9.17, 15) is 5.11 Å². The fraction of sp³-hybridized carbons (Fsp3) is 0.500. The van der Waals surface area contributed by atoms with Crippen molar-refractivity contribution in [2.45, 2.75) is 38.1 Å². The van der Waals surface area contributed by atoms with E-state index in [2.05, 4.69) is 48.0 Å². The lowest BCUT2D eigenvalue weighted by Crippen LogP contribution is -2.20. The van der Waals surface area contributed by atoms with Crippen LogP contribution in [0, 0.1) is 13.8 Å². The quantitative estimate of drug-likeness (QED) is 0.825. The number of aryl methyl sites for hydroxylation is 2. The molecule has 14 heavy (non-hydrogen) atoms. The SMILES string of the molecule is Cc1ccc(C)c(CC(O)C(C)Br)c1. The minimum atomic E-state index is -0.310. The van der Waals surface area contributed by atoms with Crippen molar-refractivity contribution < 1.29 is 5.11 Å². The van der Waals surface area contributed by atoms with Crippen LogP contribution in [0.3, 0.4) is 0 Å². The average molecular weight is 257 g/mol. The van der Waals surface area contributed by atoms with Crippen LogP contribution in [0.4, 0.5) is 0 Å². The second-order valence-corrected chi connectivity index (χ2v) is 5.32. The van der Waals surface area contributed by atoms with E-state index in [1.807, 2.05) is 6.92 Å². The van der Waals surface area contributed by atoms with Crippen molar-refractivity contribution in [1.82, 2.24) is 0 Å². The largest absolute Gasteiger partial charge is 0.392 e. The van der Waals surface area contributed by atoms with Gasteiger partial charge in [0.25, 0.3) is 0 Å². The van der Waals surface area contributed by atoms with Crippen LogP contribution in [0.2, 0.25) is 0 Å². The second kappa shape index (κ2) is 4.94. The molecule has 0 aliphatic rings. The van der Waals surface area contributed by atoms with Gasteiger partial charge in [0.05, 0.1) is 6.10 Å². The van der Waals surface area contributed by atoms with Crippen molar-refractivity contribution >= 4 is 15.9 Å². The van der Waals surface area contributed by atoms with E-state index in [-0.39, 0.29) is 10.9 Å². The number of alkyl halides is 1. The lowest BCUT2D eigenvalue weighted by molar-refractivity contribution is 0.178. The Hall–Kier alpha value is -0.340. The molecule has 1 rings (SSSR count). The molecule has 0 aliphatic carbocycles. The van der Waals surface area contributed by atoms with E-state index in [4.69, 9.17) is 0 Å². The predicted octanol–water partition coefficient (Wildman–Crippen LogP) is 2.99. The minimum Gasteiger partial charge on any atom is -0.392 e. The molecule has 0 bridgehead atoms. The highest BCUT2D eigenvalue weighted by atomic mass is 79.9. The highest BCUT2D eigenvalue weighted by molar-refractivity contribution is 9.09. The van der Waals surface area contributed by atoms with Crippen LogP contribution in [0.5, 0.6) is 0 Å². The Morgan fingerprint density at radius 1 is 1.36 bits per heavy atom. The molecule has 0 saturated heterocycles. The zero-order valence-electron chi connectivity index (χ0n) is 8.92. The third-order valence-electron chi connectivity index (χ3n) is 2.46. The van der Waals surface area contributed by atoms with E-state index in [0.717, 1.165) is 6.42 Å². The Balaban J connectivity index is 2.80. The monoisotopic (exact) mass is 256 g/mol. The number of hydrogen-bond acceptors (Lipinski definition) is 1. The molecule has 0 aliphatic heterocycles. The third-order valence-corrected chi connectivity index (χ3v) is 3.07. The highest BCUT2D eigenvalue weighted by Crippen LogP contribution is 2.16. The molecule has 0 heterocycles. The summed E-state index contributed by atoms with van der Waals surface area (Å²) in [7, 11) is 0. The topological polar surface area (TPSA) is 20.2 Å². The summed E-state index contributed by atoms with van der Waals surface area (Å²) < 4.78 is 0. The van der Waals surface area contributed by atoms with Crippen molar-refractivity contribution in [1.29, 1.82) is 0 Å². The van der Waals surface area contributed by atoms with E-state index in [1.54, 1.807) is 0 Å². The molecule has 0 spiro atoms. The summed E-state index contributed by atoms with van der Waals surface area (Å²) in [5, 5.41) is 9.75. The van der Waals surface area contributed by atoms with Crippen LogP contribution in [0.1, 0.15) is 23.6 Å². The Morgan fingerprint density at radius 2 is 2.00 bits per heavy atom. The van der Waals surface area contributed by atoms with Gasteiger partial charge < -0.3 is 5.11 Å². The summed E-state index contributed by atoms with van der Waals surface area (Å²) in [6, 6.07) is 6.35. The Kier molecular flexibility index (Phi) is 4.14. The maximum Gasteiger partial charge on any atom is 0.0702 e. The van der Waals surface area contributed by atoms with E-state index in [1.165, 1.54) is 16.7 Å². The minimum absolute atomic E-state index is 0.141. The van der Waals surface area contributed by atoms with Gasteiger partial charge in [-0.25, -0.2) is 0 Å². The summed E-state index contributed by atoms with van der Waals surface area (Å²) in [5.74, 6) is 0. The molecule has 0 amide bonds. The van der Waals surface area contributed by atoms with E-state index >= 15 is 0 Å².